The lowest BCUT2D eigenvalue weighted by molar-refractivity contribution is -0.120. The van der Waals surface area contributed by atoms with Gasteiger partial charge in [-0.2, -0.15) is 0 Å². The first kappa shape index (κ1) is 25.9. The number of aliphatic hydroxyl groups is 1. The van der Waals surface area contributed by atoms with Crippen LogP contribution in [0.3, 0.4) is 0 Å². The van der Waals surface area contributed by atoms with Gasteiger partial charge in [-0.25, -0.2) is 0 Å². The highest BCUT2D eigenvalue weighted by atomic mass is 35.5. The molecule has 0 fully saturated rings. The second kappa shape index (κ2) is 12.1. The summed E-state index contributed by atoms with van der Waals surface area (Å²) in [6, 6.07) is 22.1. The van der Waals surface area contributed by atoms with Gasteiger partial charge in [0.2, 0.25) is 0 Å². The van der Waals surface area contributed by atoms with Crippen molar-refractivity contribution in [2.75, 3.05) is 13.1 Å². The largest absolute Gasteiger partial charge is 0.385 e. The van der Waals surface area contributed by atoms with E-state index < -0.39 is 11.6 Å². The van der Waals surface area contributed by atoms with Gasteiger partial charge in [0.1, 0.15) is 6.04 Å². The molecule has 3 aromatic carbocycles. The molecule has 3 rings (SSSR count). The van der Waals surface area contributed by atoms with Crippen molar-refractivity contribution in [2.45, 2.75) is 31.4 Å². The number of benzene rings is 3. The van der Waals surface area contributed by atoms with Gasteiger partial charge in [-0.1, -0.05) is 84.7 Å². The molecule has 0 bridgehead atoms. The Hall–Kier alpha value is -2.70. The fourth-order valence-corrected chi connectivity index (χ4v) is 4.03. The lowest BCUT2D eigenvalue weighted by Gasteiger charge is -2.27. The van der Waals surface area contributed by atoms with Crippen molar-refractivity contribution in [2.24, 2.45) is 0 Å². The first-order valence-corrected chi connectivity index (χ1v) is 11.9. The van der Waals surface area contributed by atoms with Gasteiger partial charge in [-0.05, 0) is 54.8 Å². The number of rotatable bonds is 11. The molecule has 0 spiro atoms. The Morgan fingerprint density at radius 3 is 2.21 bits per heavy atom. The molecule has 178 valence electrons. The molecule has 0 saturated heterocycles. The van der Waals surface area contributed by atoms with Crippen LogP contribution in [0.25, 0.3) is 0 Å². The molecular weight excluding hydrogens is 471 g/mol. The summed E-state index contributed by atoms with van der Waals surface area (Å²) < 4.78 is 0. The second-order valence-corrected chi connectivity index (χ2v) is 8.90. The number of ketones is 1. The maximum absolute atomic E-state index is 13.2. The van der Waals surface area contributed by atoms with E-state index in [1.807, 2.05) is 43.3 Å². The van der Waals surface area contributed by atoms with E-state index in [2.05, 4.69) is 10.6 Å². The summed E-state index contributed by atoms with van der Waals surface area (Å²) in [5, 5.41) is 17.6. The Labute approximate surface area is 210 Å². The number of hydrogen-bond donors (Lipinski definition) is 3. The third kappa shape index (κ3) is 6.67. The summed E-state index contributed by atoms with van der Waals surface area (Å²) in [4.78, 5) is 25.9. The van der Waals surface area contributed by atoms with Crippen LogP contribution < -0.4 is 10.6 Å². The highest BCUT2D eigenvalue weighted by Crippen LogP contribution is 2.28. The maximum Gasteiger partial charge on any atom is 0.252 e. The number of halogens is 2. The van der Waals surface area contributed by atoms with Gasteiger partial charge in [-0.3, -0.25) is 9.59 Å². The number of nitrogens with one attached hydrogen (secondary N) is 2. The quantitative estimate of drug-likeness (QED) is 0.313. The third-order valence-corrected chi connectivity index (χ3v) is 6.56. The van der Waals surface area contributed by atoms with Crippen molar-refractivity contribution < 1.29 is 14.7 Å². The smallest absolute Gasteiger partial charge is 0.252 e. The molecule has 34 heavy (non-hydrogen) atoms. The van der Waals surface area contributed by atoms with Crippen molar-refractivity contribution in [1.82, 2.24) is 10.6 Å². The van der Waals surface area contributed by atoms with Crippen LogP contribution >= 0.6 is 23.2 Å². The summed E-state index contributed by atoms with van der Waals surface area (Å²) in [5.41, 5.74) is 0.848. The predicted molar refractivity (Wildman–Crippen MR) is 136 cm³/mol. The van der Waals surface area contributed by atoms with Crippen molar-refractivity contribution in [3.05, 3.63) is 106 Å². The van der Waals surface area contributed by atoms with Crippen LogP contribution in [0.1, 0.15) is 47.3 Å². The van der Waals surface area contributed by atoms with Crippen molar-refractivity contribution >= 4 is 34.9 Å². The Bertz CT molecular complexity index is 1110. The lowest BCUT2D eigenvalue weighted by atomic mass is 9.88. The topological polar surface area (TPSA) is 78.4 Å². The SMILES string of the molecule is CCC(O)(CCNCC(=O)C(NC(=O)c1ccccc1)c1ccc(Cl)c(Cl)c1)c1ccccc1. The molecule has 2 atom stereocenters. The molecule has 5 nitrogen and oxygen atoms in total. The minimum atomic E-state index is -0.984. The minimum Gasteiger partial charge on any atom is -0.385 e. The standard InChI is InChI=1S/C27H28Cl2N2O3/c1-2-27(34,21-11-7-4-8-12-21)15-16-30-18-24(32)25(20-13-14-22(28)23(29)17-20)31-26(33)19-9-5-3-6-10-19/h3-14,17,25,30,34H,2,15-16,18H2,1H3,(H,31,33). The monoisotopic (exact) mass is 498 g/mol. The number of carbonyl (C=O) groups is 2. The van der Waals surface area contributed by atoms with Gasteiger partial charge in [-0.15, -0.1) is 0 Å². The molecule has 2 unspecified atom stereocenters. The van der Waals surface area contributed by atoms with E-state index in [9.17, 15) is 14.7 Å². The third-order valence-electron chi connectivity index (χ3n) is 5.82. The van der Waals surface area contributed by atoms with Crippen LogP contribution in [0, 0.1) is 0 Å². The number of amides is 1. The van der Waals surface area contributed by atoms with Crippen molar-refractivity contribution in [1.29, 1.82) is 0 Å². The summed E-state index contributed by atoms with van der Waals surface area (Å²) in [6.07, 6.45) is 0.986. The summed E-state index contributed by atoms with van der Waals surface area (Å²) in [5.74, 6) is -0.600. The molecule has 0 radical (unpaired) electrons. The fourth-order valence-electron chi connectivity index (χ4n) is 3.73. The normalized spacial score (nSPS) is 13.6. The van der Waals surface area contributed by atoms with Gasteiger partial charge in [0.15, 0.2) is 5.78 Å². The molecule has 3 aromatic rings. The zero-order valence-corrected chi connectivity index (χ0v) is 20.4. The zero-order chi connectivity index (χ0) is 24.6. The molecule has 0 heterocycles. The van der Waals surface area contributed by atoms with Crippen LogP contribution in [0.2, 0.25) is 10.0 Å². The molecule has 0 aromatic heterocycles. The molecule has 7 heteroatoms. The van der Waals surface area contributed by atoms with Gasteiger partial charge < -0.3 is 15.7 Å². The van der Waals surface area contributed by atoms with Crippen LogP contribution in [0.5, 0.6) is 0 Å². The molecule has 0 aliphatic rings. The van der Waals surface area contributed by atoms with E-state index in [0.29, 0.717) is 40.6 Å². The first-order valence-electron chi connectivity index (χ1n) is 11.2. The van der Waals surface area contributed by atoms with E-state index in [-0.39, 0.29) is 18.2 Å². The van der Waals surface area contributed by atoms with E-state index in [0.717, 1.165) is 5.56 Å². The fraction of sp³-hybridized carbons (Fsp3) is 0.259. The van der Waals surface area contributed by atoms with E-state index in [1.54, 1.807) is 42.5 Å². The highest BCUT2D eigenvalue weighted by molar-refractivity contribution is 6.42. The van der Waals surface area contributed by atoms with E-state index >= 15 is 0 Å². The maximum atomic E-state index is 13.2. The first-order chi connectivity index (χ1) is 16.3. The van der Waals surface area contributed by atoms with Crippen molar-refractivity contribution in [3.63, 3.8) is 0 Å². The molecule has 0 aliphatic carbocycles. The number of Topliss-reactive ketones (excluding diaryl/α,β-unsaturated/α-hetero) is 1. The molecule has 1 amide bonds. The zero-order valence-electron chi connectivity index (χ0n) is 18.9. The van der Waals surface area contributed by atoms with E-state index in [1.165, 1.54) is 0 Å². The Morgan fingerprint density at radius 1 is 0.941 bits per heavy atom. The predicted octanol–water partition coefficient (Wildman–Crippen LogP) is 5.31. The number of carbonyl (C=O) groups excluding carboxylic acids is 2. The van der Waals surface area contributed by atoms with Gasteiger partial charge >= 0.3 is 0 Å². The highest BCUT2D eigenvalue weighted by Gasteiger charge is 2.27. The van der Waals surface area contributed by atoms with Gasteiger partial charge in [0.25, 0.3) is 5.91 Å². The van der Waals surface area contributed by atoms with Crippen LogP contribution in [0.15, 0.2) is 78.9 Å². The van der Waals surface area contributed by atoms with Crippen LogP contribution in [-0.4, -0.2) is 29.9 Å². The Morgan fingerprint density at radius 2 is 1.59 bits per heavy atom. The Balaban J connectivity index is 1.68. The number of hydrogen-bond acceptors (Lipinski definition) is 4. The van der Waals surface area contributed by atoms with Crippen molar-refractivity contribution in [3.8, 4) is 0 Å². The average Bonchev–Trinajstić information content (AvgIpc) is 2.87. The minimum absolute atomic E-state index is 0.00850. The second-order valence-electron chi connectivity index (χ2n) is 8.09. The van der Waals surface area contributed by atoms with E-state index in [4.69, 9.17) is 23.2 Å². The molecular formula is C27H28Cl2N2O3. The molecule has 0 aliphatic heterocycles. The summed E-state index contributed by atoms with van der Waals surface area (Å²) in [6.45, 7) is 2.36. The average molecular weight is 499 g/mol. The molecule has 3 N–H and O–H groups in total. The molecule has 0 saturated carbocycles. The van der Waals surface area contributed by atoms with Gasteiger partial charge in [0, 0.05) is 5.56 Å². The van der Waals surface area contributed by atoms with Gasteiger partial charge in [0.05, 0.1) is 22.2 Å². The summed E-state index contributed by atoms with van der Waals surface area (Å²) in [7, 11) is 0. The Kier molecular flexibility index (Phi) is 9.25. The lowest BCUT2D eigenvalue weighted by Crippen LogP contribution is -2.39. The van der Waals surface area contributed by atoms with Crippen LogP contribution in [-0.2, 0) is 10.4 Å². The van der Waals surface area contributed by atoms with Crippen LogP contribution in [0.4, 0.5) is 0 Å². The summed E-state index contributed by atoms with van der Waals surface area (Å²) >= 11 is 12.2.